The molecule has 4 N–H and O–H groups in total. The zero-order valence-electron chi connectivity index (χ0n) is 9.54. The van der Waals surface area contributed by atoms with Gasteiger partial charge in [0.25, 0.3) is 5.56 Å². The summed E-state index contributed by atoms with van der Waals surface area (Å²) in [5.74, 6) is 0.0121. The molecular weight excluding hydrogens is 238 g/mol. The van der Waals surface area contributed by atoms with E-state index < -0.39 is 5.56 Å². The van der Waals surface area contributed by atoms with Crippen molar-refractivity contribution in [1.82, 2.24) is 19.7 Å². The summed E-state index contributed by atoms with van der Waals surface area (Å²) in [4.78, 5) is 27.0. The summed E-state index contributed by atoms with van der Waals surface area (Å²) in [5, 5.41) is 8.55. The fourth-order valence-electron chi connectivity index (χ4n) is 1.41. The first-order valence-electron chi connectivity index (χ1n) is 5.34. The van der Waals surface area contributed by atoms with Gasteiger partial charge in [0.05, 0.1) is 6.61 Å². The maximum atomic E-state index is 11.5. The Hall–Kier alpha value is -2.35. The number of anilines is 1. The van der Waals surface area contributed by atoms with Crippen LogP contribution in [0.25, 0.3) is 11.2 Å². The van der Waals surface area contributed by atoms with E-state index in [4.69, 9.17) is 15.7 Å². The van der Waals surface area contributed by atoms with Gasteiger partial charge in [-0.25, -0.2) is 4.98 Å². The smallest absolute Gasteiger partial charge is 0.280 e. The van der Waals surface area contributed by atoms with Crippen molar-refractivity contribution in [2.24, 2.45) is 0 Å². The van der Waals surface area contributed by atoms with Crippen molar-refractivity contribution in [3.05, 3.63) is 28.8 Å². The maximum Gasteiger partial charge on any atom is 0.280 e. The lowest BCUT2D eigenvalue weighted by Crippen LogP contribution is -2.15. The number of nitrogens with one attached hydrogen (secondary N) is 1. The Balaban J connectivity index is 2.14. The number of aliphatic hydroxyl groups is 1. The quantitative estimate of drug-likeness (QED) is 0.466. The maximum absolute atomic E-state index is 11.5. The number of imidazole rings is 1. The molecule has 0 amide bonds. The number of nitrogen functional groups attached to an aromatic ring is 1. The lowest BCUT2D eigenvalue weighted by Gasteiger charge is -2.04. The molecule has 0 aliphatic rings. The number of aromatic amines is 1. The molecule has 0 bridgehead atoms. The van der Waals surface area contributed by atoms with Crippen LogP contribution < -0.4 is 16.1 Å². The first-order valence-corrected chi connectivity index (χ1v) is 5.34. The van der Waals surface area contributed by atoms with Crippen molar-refractivity contribution in [1.29, 1.82) is 0 Å². The predicted octanol–water partition coefficient (Wildman–Crippen LogP) is -0.931. The minimum atomic E-state index is -0.403. The van der Waals surface area contributed by atoms with Gasteiger partial charge in [-0.15, -0.1) is 0 Å². The van der Waals surface area contributed by atoms with E-state index in [1.807, 2.05) is 0 Å². The third-order valence-electron chi connectivity index (χ3n) is 2.18. The van der Waals surface area contributed by atoms with Gasteiger partial charge in [0.1, 0.15) is 12.9 Å². The fraction of sp³-hybridized carbons (Fsp3) is 0.300. The Morgan fingerprint density at radius 2 is 2.39 bits per heavy atom. The molecule has 0 fully saturated rings. The summed E-state index contributed by atoms with van der Waals surface area (Å²) in [6, 6.07) is 0. The van der Waals surface area contributed by atoms with E-state index in [1.54, 1.807) is 12.2 Å². The monoisotopic (exact) mass is 251 g/mol. The number of rotatable bonds is 5. The molecule has 0 aliphatic heterocycles. The predicted molar refractivity (Wildman–Crippen MR) is 64.9 cm³/mol. The third kappa shape index (κ3) is 2.48. The molecule has 0 unspecified atom stereocenters. The Bertz CT molecular complexity index is 615. The van der Waals surface area contributed by atoms with Crippen molar-refractivity contribution in [3.63, 3.8) is 0 Å². The zero-order valence-corrected chi connectivity index (χ0v) is 9.54. The van der Waals surface area contributed by atoms with Gasteiger partial charge in [-0.1, -0.05) is 12.2 Å². The number of aliphatic hydroxyl groups excluding tert-OH is 1. The topological polar surface area (TPSA) is 119 Å². The average Bonchev–Trinajstić information content (AvgIpc) is 2.72. The third-order valence-corrected chi connectivity index (χ3v) is 2.18. The summed E-state index contributed by atoms with van der Waals surface area (Å²) < 4.78 is 1.30. The first kappa shape index (κ1) is 12.1. The van der Waals surface area contributed by atoms with Crippen LogP contribution in [0.15, 0.2) is 23.3 Å². The Morgan fingerprint density at radius 1 is 1.56 bits per heavy atom. The van der Waals surface area contributed by atoms with Crippen LogP contribution in [0.1, 0.15) is 6.42 Å². The van der Waals surface area contributed by atoms with Gasteiger partial charge in [0.2, 0.25) is 11.6 Å². The minimum absolute atomic E-state index is 0.00146. The Kier molecular flexibility index (Phi) is 3.58. The van der Waals surface area contributed by atoms with Gasteiger partial charge < -0.3 is 15.7 Å². The molecule has 2 aromatic heterocycles. The van der Waals surface area contributed by atoms with E-state index in [0.29, 0.717) is 13.0 Å². The summed E-state index contributed by atoms with van der Waals surface area (Å²) in [6.07, 6.45) is 5.39. The summed E-state index contributed by atoms with van der Waals surface area (Å²) >= 11 is 0. The fourth-order valence-corrected chi connectivity index (χ4v) is 1.41. The lowest BCUT2D eigenvalue weighted by atomic mass is 10.4. The van der Waals surface area contributed by atoms with Crippen LogP contribution in [0.2, 0.25) is 0 Å². The van der Waals surface area contributed by atoms with Crippen LogP contribution in [-0.2, 0) is 0 Å². The largest absolute Gasteiger partial charge is 0.410 e. The molecule has 0 aliphatic carbocycles. The molecule has 96 valence electrons. The molecule has 0 radical (unpaired) electrons. The van der Waals surface area contributed by atoms with Gasteiger partial charge in [-0.3, -0.25) is 9.78 Å². The molecule has 0 aromatic carbocycles. The molecule has 0 saturated heterocycles. The number of hydrogen-bond acceptors (Lipinski definition) is 6. The highest BCUT2D eigenvalue weighted by Crippen LogP contribution is 2.04. The molecule has 0 spiro atoms. The molecule has 18 heavy (non-hydrogen) atoms. The second-order valence-corrected chi connectivity index (χ2v) is 3.47. The Morgan fingerprint density at radius 3 is 3.17 bits per heavy atom. The average molecular weight is 251 g/mol. The van der Waals surface area contributed by atoms with Gasteiger partial charge in [0, 0.05) is 6.42 Å². The van der Waals surface area contributed by atoms with Crippen LogP contribution in [0.5, 0.6) is 0 Å². The van der Waals surface area contributed by atoms with E-state index in [1.165, 1.54) is 11.1 Å². The summed E-state index contributed by atoms with van der Waals surface area (Å²) in [5.41, 5.74) is 5.50. The van der Waals surface area contributed by atoms with Crippen molar-refractivity contribution in [2.45, 2.75) is 6.42 Å². The molecule has 2 rings (SSSR count). The number of fused-ring (bicyclic) bond motifs is 1. The molecule has 0 atom stereocenters. The standard InChI is InChI=1S/C10H13N5O3/c11-10-13-8-7(9(17)14-10)12-6-15(8)18-5-3-1-2-4-16/h1-2,6,16H,3-5H2,(H3,11,13,14,17). The highest BCUT2D eigenvalue weighted by atomic mass is 16.7. The number of H-pyrrole nitrogens is 1. The van der Waals surface area contributed by atoms with Crippen molar-refractivity contribution < 1.29 is 9.94 Å². The molecular formula is C10H13N5O3. The molecule has 8 nitrogen and oxygen atoms in total. The number of aromatic nitrogens is 4. The van der Waals surface area contributed by atoms with E-state index >= 15 is 0 Å². The van der Waals surface area contributed by atoms with E-state index in [2.05, 4.69) is 15.0 Å². The minimum Gasteiger partial charge on any atom is -0.410 e. The van der Waals surface area contributed by atoms with Crippen molar-refractivity contribution >= 4 is 17.1 Å². The van der Waals surface area contributed by atoms with E-state index in [9.17, 15) is 4.79 Å². The SMILES string of the molecule is Nc1nc2c(ncn2OCCC=CCO)c(=O)[nH]1. The highest BCUT2D eigenvalue weighted by Gasteiger charge is 2.09. The number of nitrogens with zero attached hydrogens (tertiary/aromatic N) is 3. The second-order valence-electron chi connectivity index (χ2n) is 3.47. The lowest BCUT2D eigenvalue weighted by molar-refractivity contribution is 0.121. The number of hydrogen-bond donors (Lipinski definition) is 3. The summed E-state index contributed by atoms with van der Waals surface area (Å²) in [6.45, 7) is 0.373. The molecule has 2 aromatic rings. The highest BCUT2D eigenvalue weighted by molar-refractivity contribution is 5.69. The molecule has 2 heterocycles. The van der Waals surface area contributed by atoms with Crippen molar-refractivity contribution in [2.75, 3.05) is 18.9 Å². The van der Waals surface area contributed by atoms with Crippen LogP contribution >= 0.6 is 0 Å². The van der Waals surface area contributed by atoms with E-state index in [-0.39, 0.29) is 23.7 Å². The van der Waals surface area contributed by atoms with Gasteiger partial charge >= 0.3 is 0 Å². The van der Waals surface area contributed by atoms with Crippen LogP contribution in [0.3, 0.4) is 0 Å². The first-order chi connectivity index (χ1) is 8.72. The zero-order chi connectivity index (χ0) is 13.0. The van der Waals surface area contributed by atoms with Crippen LogP contribution in [-0.4, -0.2) is 38.0 Å². The van der Waals surface area contributed by atoms with E-state index in [0.717, 1.165) is 0 Å². The van der Waals surface area contributed by atoms with Gasteiger partial charge in [0.15, 0.2) is 5.52 Å². The number of nitrogens with two attached hydrogens (primary N) is 1. The van der Waals surface area contributed by atoms with Gasteiger partial charge in [-0.2, -0.15) is 9.71 Å². The normalized spacial score (nSPS) is 11.4. The summed E-state index contributed by atoms with van der Waals surface area (Å²) in [7, 11) is 0. The van der Waals surface area contributed by atoms with Gasteiger partial charge in [-0.05, 0) is 0 Å². The van der Waals surface area contributed by atoms with Crippen molar-refractivity contribution in [3.8, 4) is 0 Å². The van der Waals surface area contributed by atoms with Crippen LogP contribution in [0, 0.1) is 0 Å². The molecule has 8 heteroatoms. The van der Waals surface area contributed by atoms with Crippen LogP contribution in [0.4, 0.5) is 5.95 Å². The Labute approximate surface area is 102 Å². The molecule has 0 saturated carbocycles. The second kappa shape index (κ2) is 5.32.